The van der Waals surface area contributed by atoms with Gasteiger partial charge in [-0.3, -0.25) is 14.5 Å². The summed E-state index contributed by atoms with van der Waals surface area (Å²) in [6, 6.07) is 11.4. The van der Waals surface area contributed by atoms with Gasteiger partial charge < -0.3 is 10.6 Å². The van der Waals surface area contributed by atoms with Gasteiger partial charge in [0.1, 0.15) is 0 Å². The van der Waals surface area contributed by atoms with Gasteiger partial charge in [-0.05, 0) is 61.4 Å². The number of nitrogens with zero attached hydrogens (tertiary/aromatic N) is 1. The number of carbonyl (C=O) groups excluding carboxylic acids is 2. The van der Waals surface area contributed by atoms with E-state index in [0.717, 1.165) is 24.6 Å². The van der Waals surface area contributed by atoms with Crippen LogP contribution in [-0.2, 0) is 6.54 Å². The molecule has 2 heterocycles. The molecule has 150 valence electrons. The van der Waals surface area contributed by atoms with E-state index in [1.807, 2.05) is 35.7 Å². The van der Waals surface area contributed by atoms with E-state index in [4.69, 9.17) is 0 Å². The molecule has 1 fully saturated rings. The first-order valence-corrected chi connectivity index (χ1v) is 10.8. The molecule has 2 amide bonds. The molecule has 1 aromatic heterocycles. The Hall–Kier alpha value is -2.18. The van der Waals surface area contributed by atoms with Gasteiger partial charge in [0.2, 0.25) is 0 Å². The van der Waals surface area contributed by atoms with E-state index in [1.54, 1.807) is 6.07 Å². The molecule has 2 atom stereocenters. The van der Waals surface area contributed by atoms with Gasteiger partial charge in [-0.25, -0.2) is 0 Å². The number of amides is 2. The highest BCUT2D eigenvalue weighted by Crippen LogP contribution is 2.17. The normalized spacial score (nSPS) is 18.4. The van der Waals surface area contributed by atoms with E-state index in [2.05, 4.69) is 29.4 Å². The summed E-state index contributed by atoms with van der Waals surface area (Å²) < 4.78 is 0. The van der Waals surface area contributed by atoms with Crippen molar-refractivity contribution in [2.75, 3.05) is 19.6 Å². The second-order valence-electron chi connectivity index (χ2n) is 7.66. The average Bonchev–Trinajstić information content (AvgIpc) is 3.25. The maximum atomic E-state index is 12.4. The van der Waals surface area contributed by atoms with Gasteiger partial charge >= 0.3 is 0 Å². The van der Waals surface area contributed by atoms with E-state index < -0.39 is 0 Å². The van der Waals surface area contributed by atoms with E-state index in [0.29, 0.717) is 29.6 Å². The number of piperidine rings is 1. The van der Waals surface area contributed by atoms with Crippen molar-refractivity contribution < 1.29 is 9.59 Å². The predicted octanol–water partition coefficient (Wildman–Crippen LogP) is 3.53. The van der Waals surface area contributed by atoms with E-state index in [9.17, 15) is 9.59 Å². The van der Waals surface area contributed by atoms with Gasteiger partial charge in [-0.2, -0.15) is 0 Å². The van der Waals surface area contributed by atoms with Crippen LogP contribution in [0.4, 0.5) is 0 Å². The zero-order valence-electron chi connectivity index (χ0n) is 16.6. The molecule has 2 unspecified atom stereocenters. The topological polar surface area (TPSA) is 61.4 Å². The SMILES string of the molecule is CC1CCCN(C(C)CNC(=O)c2ccc(CNC(=O)c3cccs3)cc2)C1. The van der Waals surface area contributed by atoms with Crippen molar-refractivity contribution in [3.63, 3.8) is 0 Å². The number of benzene rings is 1. The van der Waals surface area contributed by atoms with E-state index in [-0.39, 0.29) is 11.8 Å². The number of hydrogen-bond donors (Lipinski definition) is 2. The highest BCUT2D eigenvalue weighted by Gasteiger charge is 2.21. The Bertz CT molecular complexity index is 774. The van der Waals surface area contributed by atoms with E-state index in [1.165, 1.54) is 24.2 Å². The fourth-order valence-electron chi connectivity index (χ4n) is 3.55. The standard InChI is InChI=1S/C22H29N3O2S/c1-16-5-3-11-25(15-16)17(2)13-23-21(26)19-9-7-18(8-10-19)14-24-22(27)20-6-4-12-28-20/h4,6-10,12,16-17H,3,5,11,13-15H2,1-2H3,(H,23,26)(H,24,27). The minimum Gasteiger partial charge on any atom is -0.350 e. The van der Waals surface area contributed by atoms with Crippen LogP contribution in [-0.4, -0.2) is 42.4 Å². The van der Waals surface area contributed by atoms with Gasteiger partial charge in [0.05, 0.1) is 4.88 Å². The second kappa shape index (κ2) is 9.85. The number of rotatable bonds is 7. The number of nitrogens with one attached hydrogen (secondary N) is 2. The van der Waals surface area contributed by atoms with Crippen LogP contribution in [0.5, 0.6) is 0 Å². The summed E-state index contributed by atoms with van der Waals surface area (Å²) in [5.74, 6) is 0.615. The first-order chi connectivity index (χ1) is 13.5. The minimum atomic E-state index is -0.0714. The van der Waals surface area contributed by atoms with Crippen molar-refractivity contribution in [2.45, 2.75) is 39.3 Å². The van der Waals surface area contributed by atoms with Gasteiger partial charge in [0.15, 0.2) is 0 Å². The van der Waals surface area contributed by atoms with Crippen molar-refractivity contribution in [1.29, 1.82) is 0 Å². The van der Waals surface area contributed by atoms with Crippen LogP contribution in [0, 0.1) is 5.92 Å². The molecule has 6 heteroatoms. The second-order valence-corrected chi connectivity index (χ2v) is 8.61. The first kappa shape index (κ1) is 20.6. The monoisotopic (exact) mass is 399 g/mol. The number of likely N-dealkylation sites (tertiary alicyclic amines) is 1. The largest absolute Gasteiger partial charge is 0.350 e. The zero-order valence-corrected chi connectivity index (χ0v) is 17.4. The summed E-state index contributed by atoms with van der Waals surface area (Å²) in [6.45, 7) is 7.81. The fraction of sp³-hybridized carbons (Fsp3) is 0.455. The molecule has 5 nitrogen and oxygen atoms in total. The van der Waals surface area contributed by atoms with Crippen LogP contribution in [0.1, 0.15) is 52.3 Å². The Morgan fingerprint density at radius 1 is 1.18 bits per heavy atom. The van der Waals surface area contributed by atoms with Crippen LogP contribution < -0.4 is 10.6 Å². The molecule has 1 aliphatic heterocycles. The molecule has 0 spiro atoms. The minimum absolute atomic E-state index is 0.0499. The number of hydrogen-bond acceptors (Lipinski definition) is 4. The lowest BCUT2D eigenvalue weighted by Crippen LogP contribution is -2.46. The summed E-state index contributed by atoms with van der Waals surface area (Å²) >= 11 is 1.42. The van der Waals surface area contributed by atoms with Crippen LogP contribution in [0.3, 0.4) is 0 Å². The summed E-state index contributed by atoms with van der Waals surface area (Å²) in [7, 11) is 0. The maximum absolute atomic E-state index is 12.4. The molecular weight excluding hydrogens is 370 g/mol. The summed E-state index contributed by atoms with van der Waals surface area (Å²) in [4.78, 5) is 27.6. The third-order valence-corrected chi connectivity index (χ3v) is 6.15. The van der Waals surface area contributed by atoms with Crippen molar-refractivity contribution in [2.24, 2.45) is 5.92 Å². The van der Waals surface area contributed by atoms with Crippen molar-refractivity contribution in [3.05, 3.63) is 57.8 Å². The van der Waals surface area contributed by atoms with Crippen molar-refractivity contribution in [3.8, 4) is 0 Å². The summed E-state index contributed by atoms with van der Waals surface area (Å²) in [5.41, 5.74) is 1.62. The quantitative estimate of drug-likeness (QED) is 0.749. The molecule has 1 aliphatic rings. The Morgan fingerprint density at radius 2 is 1.96 bits per heavy atom. The molecule has 0 saturated carbocycles. The molecule has 0 bridgehead atoms. The lowest BCUT2D eigenvalue weighted by atomic mass is 9.99. The van der Waals surface area contributed by atoms with Gasteiger partial charge in [0, 0.05) is 31.2 Å². The molecule has 2 N–H and O–H groups in total. The predicted molar refractivity (Wildman–Crippen MR) is 114 cm³/mol. The number of carbonyl (C=O) groups is 2. The van der Waals surface area contributed by atoms with Crippen LogP contribution in [0.25, 0.3) is 0 Å². The van der Waals surface area contributed by atoms with Crippen LogP contribution in [0.2, 0.25) is 0 Å². The third kappa shape index (κ3) is 5.66. The Balaban J connectivity index is 1.44. The Kier molecular flexibility index (Phi) is 7.23. The van der Waals surface area contributed by atoms with Crippen LogP contribution in [0.15, 0.2) is 41.8 Å². The molecule has 1 aromatic carbocycles. The van der Waals surface area contributed by atoms with Gasteiger partial charge in [-0.1, -0.05) is 25.1 Å². The highest BCUT2D eigenvalue weighted by atomic mass is 32.1. The summed E-state index contributed by atoms with van der Waals surface area (Å²) in [6.07, 6.45) is 2.54. The Labute approximate surface area is 171 Å². The lowest BCUT2D eigenvalue weighted by molar-refractivity contribution is 0.0915. The number of thiophene rings is 1. The van der Waals surface area contributed by atoms with E-state index >= 15 is 0 Å². The van der Waals surface area contributed by atoms with Crippen molar-refractivity contribution in [1.82, 2.24) is 15.5 Å². The highest BCUT2D eigenvalue weighted by molar-refractivity contribution is 7.12. The Morgan fingerprint density at radius 3 is 2.64 bits per heavy atom. The zero-order chi connectivity index (χ0) is 19.9. The molecule has 0 radical (unpaired) electrons. The first-order valence-electron chi connectivity index (χ1n) is 9.96. The molecule has 0 aliphatic carbocycles. The van der Waals surface area contributed by atoms with Crippen LogP contribution >= 0.6 is 11.3 Å². The molecular formula is C22H29N3O2S. The summed E-state index contributed by atoms with van der Waals surface area (Å²) in [5, 5.41) is 7.83. The average molecular weight is 400 g/mol. The lowest BCUT2D eigenvalue weighted by Gasteiger charge is -2.35. The maximum Gasteiger partial charge on any atom is 0.261 e. The van der Waals surface area contributed by atoms with Crippen molar-refractivity contribution >= 4 is 23.2 Å². The fourth-order valence-corrected chi connectivity index (χ4v) is 4.19. The molecule has 1 saturated heterocycles. The van der Waals surface area contributed by atoms with Gasteiger partial charge in [-0.15, -0.1) is 11.3 Å². The van der Waals surface area contributed by atoms with Gasteiger partial charge in [0.25, 0.3) is 11.8 Å². The third-order valence-electron chi connectivity index (χ3n) is 5.28. The molecule has 2 aromatic rings. The molecule has 28 heavy (non-hydrogen) atoms. The smallest absolute Gasteiger partial charge is 0.261 e. The molecule has 3 rings (SSSR count).